The highest BCUT2D eigenvalue weighted by atomic mass is 32.1. The fourth-order valence-electron chi connectivity index (χ4n) is 2.30. The number of Topliss-reactive ketones (excluding diaryl/α,β-unsaturated/α-hetero) is 1. The van der Waals surface area contributed by atoms with E-state index < -0.39 is 5.60 Å². The van der Waals surface area contributed by atoms with Gasteiger partial charge in [0.1, 0.15) is 5.60 Å². The Morgan fingerprint density at radius 3 is 2.75 bits per heavy atom. The van der Waals surface area contributed by atoms with Crippen LogP contribution < -0.4 is 0 Å². The molecule has 1 aromatic heterocycles. The van der Waals surface area contributed by atoms with Crippen molar-refractivity contribution in [2.24, 2.45) is 5.92 Å². The molecule has 1 aliphatic heterocycles. The Hall–Kier alpha value is -1.36. The lowest BCUT2D eigenvalue weighted by atomic mass is 9.93. The van der Waals surface area contributed by atoms with Crippen LogP contribution in [0.1, 0.15) is 43.3 Å². The average molecular weight is 295 g/mol. The Labute approximate surface area is 123 Å². The number of likely N-dealkylation sites (tertiary alicyclic amines) is 1. The summed E-state index contributed by atoms with van der Waals surface area (Å²) < 4.78 is 5.37. The predicted molar refractivity (Wildman–Crippen MR) is 79.2 cm³/mol. The van der Waals surface area contributed by atoms with Crippen LogP contribution in [-0.4, -0.2) is 35.5 Å². The Kier molecular flexibility index (Phi) is 4.48. The highest BCUT2D eigenvalue weighted by molar-refractivity contribution is 7.12. The number of carbonyl (C=O) groups excluding carboxylic acids is 2. The number of ether oxygens (including phenoxy) is 1. The third kappa shape index (κ3) is 3.82. The van der Waals surface area contributed by atoms with Gasteiger partial charge in [0.15, 0.2) is 5.78 Å². The van der Waals surface area contributed by atoms with Gasteiger partial charge in [0.25, 0.3) is 0 Å². The number of carbonyl (C=O) groups is 2. The van der Waals surface area contributed by atoms with E-state index in [1.54, 1.807) is 4.90 Å². The molecule has 110 valence electrons. The van der Waals surface area contributed by atoms with Gasteiger partial charge in [-0.15, -0.1) is 11.3 Å². The van der Waals surface area contributed by atoms with Crippen molar-refractivity contribution >= 4 is 23.2 Å². The van der Waals surface area contributed by atoms with Crippen LogP contribution >= 0.6 is 11.3 Å². The molecule has 2 heterocycles. The van der Waals surface area contributed by atoms with Crippen LogP contribution in [0.4, 0.5) is 4.79 Å². The maximum atomic E-state index is 12.3. The van der Waals surface area contributed by atoms with Crippen molar-refractivity contribution in [2.75, 3.05) is 13.1 Å². The third-order valence-electron chi connectivity index (χ3n) is 3.21. The molecule has 0 saturated carbocycles. The molecule has 20 heavy (non-hydrogen) atoms. The Morgan fingerprint density at radius 1 is 1.40 bits per heavy atom. The number of thiophene rings is 1. The SMILES string of the molecule is CC(C)(C)OC(=O)N1CCC[C@@H](C(=O)c2cccs2)C1. The Bertz CT molecular complexity index is 476. The first kappa shape index (κ1) is 15.0. The molecule has 1 aliphatic rings. The summed E-state index contributed by atoms with van der Waals surface area (Å²) in [5.74, 6) is 0.0446. The van der Waals surface area contributed by atoms with Crippen molar-refractivity contribution in [3.63, 3.8) is 0 Å². The lowest BCUT2D eigenvalue weighted by Gasteiger charge is -2.33. The van der Waals surface area contributed by atoms with Crippen LogP contribution in [0.2, 0.25) is 0 Å². The number of piperidine rings is 1. The molecule has 1 aromatic rings. The minimum Gasteiger partial charge on any atom is -0.444 e. The van der Waals surface area contributed by atoms with Crippen LogP contribution in [0.15, 0.2) is 17.5 Å². The molecule has 2 rings (SSSR count). The van der Waals surface area contributed by atoms with Crippen molar-refractivity contribution in [3.8, 4) is 0 Å². The number of rotatable bonds is 2. The first-order valence-electron chi connectivity index (χ1n) is 6.92. The molecule has 1 fully saturated rings. The monoisotopic (exact) mass is 295 g/mol. The number of hydrogen-bond donors (Lipinski definition) is 0. The molecule has 0 spiro atoms. The van der Waals surface area contributed by atoms with Crippen LogP contribution in [0.5, 0.6) is 0 Å². The van der Waals surface area contributed by atoms with E-state index in [1.165, 1.54) is 11.3 Å². The van der Waals surface area contributed by atoms with E-state index in [9.17, 15) is 9.59 Å². The largest absolute Gasteiger partial charge is 0.444 e. The molecule has 0 bridgehead atoms. The summed E-state index contributed by atoms with van der Waals surface area (Å²) in [5.41, 5.74) is -0.498. The molecule has 0 aromatic carbocycles. The van der Waals surface area contributed by atoms with Gasteiger partial charge in [0.2, 0.25) is 0 Å². The minimum absolute atomic E-state index is 0.102. The van der Waals surface area contributed by atoms with Gasteiger partial charge >= 0.3 is 6.09 Å². The first-order valence-corrected chi connectivity index (χ1v) is 7.80. The van der Waals surface area contributed by atoms with Crippen molar-refractivity contribution in [2.45, 2.75) is 39.2 Å². The summed E-state index contributed by atoms with van der Waals surface area (Å²) in [6, 6.07) is 3.73. The van der Waals surface area contributed by atoms with E-state index in [1.807, 2.05) is 38.3 Å². The summed E-state index contributed by atoms with van der Waals surface area (Å²) in [4.78, 5) is 26.8. The van der Waals surface area contributed by atoms with Crippen LogP contribution in [0.3, 0.4) is 0 Å². The van der Waals surface area contributed by atoms with Crippen molar-refractivity contribution in [1.82, 2.24) is 4.90 Å². The quantitative estimate of drug-likeness (QED) is 0.783. The number of hydrogen-bond acceptors (Lipinski definition) is 4. The second-order valence-corrected chi connectivity index (χ2v) is 7.05. The molecule has 4 nitrogen and oxygen atoms in total. The summed E-state index contributed by atoms with van der Waals surface area (Å²) in [7, 11) is 0. The zero-order valence-corrected chi connectivity index (χ0v) is 13.0. The van der Waals surface area contributed by atoms with E-state index in [0.29, 0.717) is 13.1 Å². The van der Waals surface area contributed by atoms with Gasteiger partial charge in [-0.1, -0.05) is 6.07 Å². The standard InChI is InChI=1S/C15H21NO3S/c1-15(2,3)19-14(18)16-8-4-6-11(10-16)13(17)12-7-5-9-20-12/h5,7,9,11H,4,6,8,10H2,1-3H3/t11-/m1/s1. The summed E-state index contributed by atoms with van der Waals surface area (Å²) in [6.07, 6.45) is 1.37. The Balaban J connectivity index is 1.98. The van der Waals surface area contributed by atoms with E-state index in [4.69, 9.17) is 4.74 Å². The molecule has 5 heteroatoms. The summed E-state index contributed by atoms with van der Waals surface area (Å²) >= 11 is 1.46. The maximum Gasteiger partial charge on any atom is 0.410 e. The summed E-state index contributed by atoms with van der Waals surface area (Å²) in [5, 5.41) is 1.90. The van der Waals surface area contributed by atoms with Crippen molar-refractivity contribution in [3.05, 3.63) is 22.4 Å². The average Bonchev–Trinajstić information content (AvgIpc) is 2.90. The lowest BCUT2D eigenvalue weighted by Crippen LogP contribution is -2.44. The maximum absolute atomic E-state index is 12.3. The van der Waals surface area contributed by atoms with Gasteiger partial charge in [-0.05, 0) is 45.1 Å². The molecule has 1 atom stereocenters. The second-order valence-electron chi connectivity index (χ2n) is 6.11. The minimum atomic E-state index is -0.498. The topological polar surface area (TPSA) is 46.6 Å². The van der Waals surface area contributed by atoms with Gasteiger partial charge in [-0.2, -0.15) is 0 Å². The highest BCUT2D eigenvalue weighted by Gasteiger charge is 2.31. The molecule has 0 aliphatic carbocycles. The van der Waals surface area contributed by atoms with Gasteiger partial charge < -0.3 is 9.64 Å². The molecule has 0 radical (unpaired) electrons. The smallest absolute Gasteiger partial charge is 0.410 e. The molecular weight excluding hydrogens is 274 g/mol. The second kappa shape index (κ2) is 5.95. The van der Waals surface area contributed by atoms with Crippen LogP contribution in [-0.2, 0) is 4.74 Å². The van der Waals surface area contributed by atoms with Gasteiger partial charge in [-0.3, -0.25) is 4.79 Å². The normalized spacial score (nSPS) is 19.8. The zero-order valence-electron chi connectivity index (χ0n) is 12.2. The van der Waals surface area contributed by atoms with E-state index in [0.717, 1.165) is 17.7 Å². The third-order valence-corrected chi connectivity index (χ3v) is 4.09. The van der Waals surface area contributed by atoms with Crippen LogP contribution in [0.25, 0.3) is 0 Å². The first-order chi connectivity index (χ1) is 9.37. The number of ketones is 1. The van der Waals surface area contributed by atoms with Gasteiger partial charge in [0, 0.05) is 19.0 Å². The predicted octanol–water partition coefficient (Wildman–Crippen LogP) is 3.58. The van der Waals surface area contributed by atoms with Crippen molar-refractivity contribution < 1.29 is 14.3 Å². The van der Waals surface area contributed by atoms with E-state index in [-0.39, 0.29) is 17.8 Å². The fraction of sp³-hybridized carbons (Fsp3) is 0.600. The molecule has 0 N–H and O–H groups in total. The van der Waals surface area contributed by atoms with Crippen molar-refractivity contribution in [1.29, 1.82) is 0 Å². The number of nitrogens with zero attached hydrogens (tertiary/aromatic N) is 1. The van der Waals surface area contributed by atoms with Crippen LogP contribution in [0, 0.1) is 5.92 Å². The lowest BCUT2D eigenvalue weighted by molar-refractivity contribution is 0.0172. The van der Waals surface area contributed by atoms with E-state index in [2.05, 4.69) is 0 Å². The van der Waals surface area contributed by atoms with Gasteiger partial charge in [0.05, 0.1) is 4.88 Å². The Morgan fingerprint density at radius 2 is 2.15 bits per heavy atom. The zero-order chi connectivity index (χ0) is 14.8. The molecule has 1 amide bonds. The molecule has 0 unspecified atom stereocenters. The van der Waals surface area contributed by atoms with Gasteiger partial charge in [-0.25, -0.2) is 4.79 Å². The van der Waals surface area contributed by atoms with E-state index >= 15 is 0 Å². The fourth-order valence-corrected chi connectivity index (χ4v) is 3.05. The molecule has 1 saturated heterocycles. The molecular formula is C15H21NO3S. The number of amides is 1. The summed E-state index contributed by atoms with van der Waals surface area (Å²) in [6.45, 7) is 6.68. The highest BCUT2D eigenvalue weighted by Crippen LogP contribution is 2.24.